The van der Waals surface area contributed by atoms with Gasteiger partial charge in [0.1, 0.15) is 0 Å². The molecule has 0 bridgehead atoms. The van der Waals surface area contributed by atoms with E-state index < -0.39 is 0 Å². The summed E-state index contributed by atoms with van der Waals surface area (Å²) in [6.45, 7) is 8.23. The lowest BCUT2D eigenvalue weighted by atomic mass is 10.6. The Morgan fingerprint density at radius 2 is 0.571 bits per heavy atom. The Kier molecular flexibility index (Phi) is 26.9. The molecule has 0 aromatic rings. The second-order valence-corrected chi connectivity index (χ2v) is 5.69. The summed E-state index contributed by atoms with van der Waals surface area (Å²) in [6, 6.07) is 0. The summed E-state index contributed by atoms with van der Waals surface area (Å²) < 4.78 is 42.4. The van der Waals surface area contributed by atoms with Crippen LogP contribution < -0.4 is 0 Å². The fourth-order valence-corrected chi connectivity index (χ4v) is 1.87. The zero-order valence-corrected chi connectivity index (χ0v) is 17.6. The first-order valence-corrected chi connectivity index (χ1v) is 10.2. The zero-order valence-electron chi connectivity index (χ0n) is 16.8. The van der Waals surface area contributed by atoms with Crippen LogP contribution in [0.1, 0.15) is 0 Å². The van der Waals surface area contributed by atoms with Crippen LogP contribution in [0.4, 0.5) is 0 Å². The molecular formula is C18H37ClO9. The zero-order chi connectivity index (χ0) is 20.4. The molecule has 0 aliphatic carbocycles. The maximum absolute atomic E-state index is 8.52. The molecule has 0 aliphatic rings. The van der Waals surface area contributed by atoms with E-state index in [1.165, 1.54) is 0 Å². The van der Waals surface area contributed by atoms with Crippen molar-refractivity contribution in [1.82, 2.24) is 0 Å². The molecule has 0 atom stereocenters. The van der Waals surface area contributed by atoms with E-state index in [0.29, 0.717) is 112 Å². The van der Waals surface area contributed by atoms with Crippen LogP contribution in [-0.4, -0.2) is 123 Å². The predicted octanol–water partition coefficient (Wildman–Crippen LogP) is 0.350. The van der Waals surface area contributed by atoms with Crippen molar-refractivity contribution >= 4 is 11.6 Å². The van der Waals surface area contributed by atoms with Gasteiger partial charge in [0.25, 0.3) is 0 Å². The third kappa shape index (κ3) is 25.9. The van der Waals surface area contributed by atoms with Gasteiger partial charge in [-0.3, -0.25) is 0 Å². The fourth-order valence-electron chi connectivity index (χ4n) is 1.76. The predicted molar refractivity (Wildman–Crippen MR) is 104 cm³/mol. The lowest BCUT2D eigenvalue weighted by Gasteiger charge is -2.08. The van der Waals surface area contributed by atoms with Gasteiger partial charge in [-0.15, -0.1) is 11.6 Å². The fraction of sp³-hybridized carbons (Fsp3) is 1.00. The molecule has 0 spiro atoms. The Morgan fingerprint density at radius 1 is 0.357 bits per heavy atom. The van der Waals surface area contributed by atoms with E-state index in [2.05, 4.69) is 0 Å². The number of hydrogen-bond acceptors (Lipinski definition) is 9. The largest absolute Gasteiger partial charge is 0.394 e. The normalized spacial score (nSPS) is 11.4. The Balaban J connectivity index is 2.96. The van der Waals surface area contributed by atoms with Gasteiger partial charge in [0, 0.05) is 5.88 Å². The van der Waals surface area contributed by atoms with Gasteiger partial charge in [0.05, 0.1) is 112 Å². The van der Waals surface area contributed by atoms with Crippen molar-refractivity contribution in [3.63, 3.8) is 0 Å². The molecule has 1 N–H and O–H groups in total. The SMILES string of the molecule is OCCOCCOCCOCCOCCOCCOCCOCCOCCCl. The highest BCUT2D eigenvalue weighted by atomic mass is 35.5. The monoisotopic (exact) mass is 432 g/mol. The number of rotatable bonds is 25. The Hall–Kier alpha value is -0.0700. The summed E-state index contributed by atoms with van der Waals surface area (Å²) in [5.74, 6) is 0.502. The van der Waals surface area contributed by atoms with Gasteiger partial charge in [-0.25, -0.2) is 0 Å². The van der Waals surface area contributed by atoms with E-state index in [-0.39, 0.29) is 6.61 Å². The maximum Gasteiger partial charge on any atom is 0.0701 e. The summed E-state index contributed by atoms with van der Waals surface area (Å²) in [5.41, 5.74) is 0. The lowest BCUT2D eigenvalue weighted by Crippen LogP contribution is -2.15. The summed E-state index contributed by atoms with van der Waals surface area (Å²) in [5, 5.41) is 8.52. The molecule has 0 saturated heterocycles. The first kappa shape index (κ1) is 27.9. The minimum Gasteiger partial charge on any atom is -0.394 e. The number of ether oxygens (including phenoxy) is 8. The molecule has 28 heavy (non-hydrogen) atoms. The molecular weight excluding hydrogens is 396 g/mol. The molecule has 0 fully saturated rings. The van der Waals surface area contributed by atoms with Crippen LogP contribution >= 0.6 is 11.6 Å². The van der Waals surface area contributed by atoms with E-state index in [4.69, 9.17) is 54.6 Å². The average Bonchev–Trinajstić information content (AvgIpc) is 2.71. The molecule has 0 heterocycles. The summed E-state index contributed by atoms with van der Waals surface area (Å²) in [4.78, 5) is 0. The smallest absolute Gasteiger partial charge is 0.0701 e. The number of halogens is 1. The van der Waals surface area contributed by atoms with Crippen molar-refractivity contribution in [3.8, 4) is 0 Å². The number of aliphatic hydroxyl groups excluding tert-OH is 1. The second kappa shape index (κ2) is 26.9. The molecule has 0 amide bonds. The van der Waals surface area contributed by atoms with Crippen LogP contribution in [0.3, 0.4) is 0 Å². The number of alkyl halides is 1. The van der Waals surface area contributed by atoms with E-state index in [1.54, 1.807) is 0 Å². The molecule has 10 heteroatoms. The molecule has 170 valence electrons. The third-order valence-corrected chi connectivity index (χ3v) is 3.22. The first-order chi connectivity index (χ1) is 13.9. The standard InChI is InChI=1S/C18H37ClO9/c19-1-3-21-5-7-23-9-11-25-13-15-27-17-18-28-16-14-26-12-10-24-8-6-22-4-2-20/h20H,1-18H2. The van der Waals surface area contributed by atoms with Gasteiger partial charge < -0.3 is 43.0 Å². The van der Waals surface area contributed by atoms with E-state index in [9.17, 15) is 0 Å². The minimum atomic E-state index is 0.0320. The van der Waals surface area contributed by atoms with Gasteiger partial charge in [-0.05, 0) is 0 Å². The second-order valence-electron chi connectivity index (χ2n) is 5.31. The van der Waals surface area contributed by atoms with Gasteiger partial charge in [-0.2, -0.15) is 0 Å². The molecule has 0 radical (unpaired) electrons. The minimum absolute atomic E-state index is 0.0320. The third-order valence-electron chi connectivity index (χ3n) is 3.06. The maximum atomic E-state index is 8.52. The molecule has 0 rings (SSSR count). The molecule has 0 aromatic carbocycles. The van der Waals surface area contributed by atoms with E-state index in [0.717, 1.165) is 0 Å². The summed E-state index contributed by atoms with van der Waals surface area (Å²) in [7, 11) is 0. The number of hydrogen-bond donors (Lipinski definition) is 1. The van der Waals surface area contributed by atoms with Crippen molar-refractivity contribution < 1.29 is 43.0 Å². The quantitative estimate of drug-likeness (QED) is 0.162. The van der Waals surface area contributed by atoms with E-state index in [1.807, 2.05) is 0 Å². The molecule has 0 aromatic heterocycles. The van der Waals surface area contributed by atoms with Crippen LogP contribution in [0, 0.1) is 0 Å². The van der Waals surface area contributed by atoms with Crippen LogP contribution in [0.5, 0.6) is 0 Å². The Morgan fingerprint density at radius 3 is 0.786 bits per heavy atom. The van der Waals surface area contributed by atoms with E-state index >= 15 is 0 Å². The highest BCUT2D eigenvalue weighted by Gasteiger charge is 1.94. The highest BCUT2D eigenvalue weighted by molar-refractivity contribution is 6.17. The number of aliphatic hydroxyl groups is 1. The topological polar surface area (TPSA) is 94.1 Å². The van der Waals surface area contributed by atoms with Gasteiger partial charge >= 0.3 is 0 Å². The van der Waals surface area contributed by atoms with Crippen LogP contribution in [-0.2, 0) is 37.9 Å². The highest BCUT2D eigenvalue weighted by Crippen LogP contribution is 1.86. The van der Waals surface area contributed by atoms with Gasteiger partial charge in [0.15, 0.2) is 0 Å². The summed E-state index contributed by atoms with van der Waals surface area (Å²) in [6.07, 6.45) is 0. The van der Waals surface area contributed by atoms with Gasteiger partial charge in [0.2, 0.25) is 0 Å². The van der Waals surface area contributed by atoms with Gasteiger partial charge in [-0.1, -0.05) is 0 Å². The average molecular weight is 433 g/mol. The Bertz CT molecular complexity index is 249. The summed E-state index contributed by atoms with van der Waals surface area (Å²) >= 11 is 5.48. The van der Waals surface area contributed by atoms with Crippen molar-refractivity contribution in [2.24, 2.45) is 0 Å². The van der Waals surface area contributed by atoms with Crippen LogP contribution in [0.2, 0.25) is 0 Å². The van der Waals surface area contributed by atoms with Crippen molar-refractivity contribution in [3.05, 3.63) is 0 Å². The lowest BCUT2D eigenvalue weighted by molar-refractivity contribution is -0.0235. The van der Waals surface area contributed by atoms with Crippen LogP contribution in [0.25, 0.3) is 0 Å². The van der Waals surface area contributed by atoms with Crippen molar-refractivity contribution in [2.75, 3.05) is 118 Å². The molecule has 0 saturated carbocycles. The molecule has 9 nitrogen and oxygen atoms in total. The molecule has 0 aliphatic heterocycles. The molecule has 0 unspecified atom stereocenters. The van der Waals surface area contributed by atoms with Crippen molar-refractivity contribution in [1.29, 1.82) is 0 Å². The van der Waals surface area contributed by atoms with Crippen molar-refractivity contribution in [2.45, 2.75) is 0 Å². The first-order valence-electron chi connectivity index (χ1n) is 9.70. The van der Waals surface area contributed by atoms with Crippen LogP contribution in [0.15, 0.2) is 0 Å². The Labute approximate surface area is 173 Å².